The third-order valence-corrected chi connectivity index (χ3v) is 6.80. The van der Waals surface area contributed by atoms with E-state index in [0.717, 1.165) is 50.3 Å². The number of anilines is 2. The van der Waals surface area contributed by atoms with E-state index in [0.29, 0.717) is 28.3 Å². The van der Waals surface area contributed by atoms with Gasteiger partial charge in [0, 0.05) is 45.5 Å². The summed E-state index contributed by atoms with van der Waals surface area (Å²) >= 11 is 6.25. The molecule has 35 heavy (non-hydrogen) atoms. The number of piperidine rings is 1. The van der Waals surface area contributed by atoms with Crippen molar-refractivity contribution in [3.63, 3.8) is 0 Å². The van der Waals surface area contributed by atoms with Gasteiger partial charge < -0.3 is 14.6 Å². The summed E-state index contributed by atoms with van der Waals surface area (Å²) in [6, 6.07) is 8.28. The minimum absolute atomic E-state index is 0.221. The van der Waals surface area contributed by atoms with Crippen molar-refractivity contribution < 1.29 is 9.63 Å². The Morgan fingerprint density at radius 3 is 2.29 bits per heavy atom. The van der Waals surface area contributed by atoms with Crippen LogP contribution in [0.3, 0.4) is 0 Å². The van der Waals surface area contributed by atoms with Gasteiger partial charge in [-0.15, -0.1) is 0 Å². The fourth-order valence-corrected chi connectivity index (χ4v) is 4.81. The van der Waals surface area contributed by atoms with E-state index in [1.54, 1.807) is 30.6 Å². The molecule has 0 saturated carbocycles. The lowest BCUT2D eigenvalue weighted by Crippen LogP contribution is -2.41. The van der Waals surface area contributed by atoms with Crippen molar-refractivity contribution in [1.29, 1.82) is 5.26 Å². The molecular weight excluding hydrogens is 464 g/mol. The normalized spacial score (nSPS) is 18.3. The maximum absolute atomic E-state index is 10.7. The van der Waals surface area contributed by atoms with E-state index >= 15 is 0 Å². The zero-order valence-corrected chi connectivity index (χ0v) is 22.4. The highest BCUT2D eigenvalue weighted by Crippen LogP contribution is 2.45. The largest absolute Gasteiger partial charge is 0.369 e. The lowest BCUT2D eigenvalue weighted by atomic mass is 9.76. The maximum atomic E-state index is 10.7. The van der Waals surface area contributed by atoms with Crippen molar-refractivity contribution in [2.24, 2.45) is 5.41 Å². The van der Waals surface area contributed by atoms with E-state index in [9.17, 15) is 4.79 Å². The Labute approximate surface area is 214 Å². The number of carbonyl (C=O) groups is 1. The Hall–Kier alpha value is -2.73. The number of nitrogens with zero attached hydrogens (tertiary/aromatic N) is 6. The molecule has 2 saturated heterocycles. The van der Waals surface area contributed by atoms with Crippen LogP contribution in [0.4, 0.5) is 11.4 Å². The van der Waals surface area contributed by atoms with Gasteiger partial charge in [0.15, 0.2) is 12.1 Å². The molecule has 1 unspecified atom stereocenters. The number of hydroxylamine groups is 2. The van der Waals surface area contributed by atoms with Crippen molar-refractivity contribution in [3.8, 4) is 6.07 Å². The third-order valence-electron chi connectivity index (χ3n) is 6.49. The molecule has 190 valence electrons. The average molecular weight is 501 g/mol. The quantitative estimate of drug-likeness (QED) is 0.435. The van der Waals surface area contributed by atoms with Crippen LogP contribution in [0.5, 0.6) is 0 Å². The monoisotopic (exact) mass is 500 g/mol. The Morgan fingerprint density at radius 2 is 1.80 bits per heavy atom. The van der Waals surface area contributed by atoms with Gasteiger partial charge in [0.25, 0.3) is 0 Å². The zero-order valence-electron chi connectivity index (χ0n) is 21.7. The van der Waals surface area contributed by atoms with E-state index in [1.165, 1.54) is 0 Å². The van der Waals surface area contributed by atoms with Crippen LogP contribution >= 0.6 is 11.6 Å². The second-order valence-electron chi connectivity index (χ2n) is 8.86. The predicted octanol–water partition coefficient (Wildman–Crippen LogP) is 4.84. The highest BCUT2D eigenvalue weighted by Gasteiger charge is 2.44. The van der Waals surface area contributed by atoms with Crippen LogP contribution in [0.1, 0.15) is 56.2 Å². The predicted molar refractivity (Wildman–Crippen MR) is 141 cm³/mol. The van der Waals surface area contributed by atoms with Gasteiger partial charge in [0.2, 0.25) is 0 Å². The van der Waals surface area contributed by atoms with Gasteiger partial charge >= 0.3 is 0 Å². The van der Waals surface area contributed by atoms with Crippen molar-refractivity contribution in [2.45, 2.75) is 46.1 Å². The molecule has 9 heteroatoms. The number of rotatable bonds is 4. The van der Waals surface area contributed by atoms with Gasteiger partial charge in [0.1, 0.15) is 6.07 Å². The van der Waals surface area contributed by atoms with Crippen LogP contribution in [0.25, 0.3) is 0 Å². The lowest BCUT2D eigenvalue weighted by Gasteiger charge is -2.40. The van der Waals surface area contributed by atoms with E-state index in [1.807, 2.05) is 40.1 Å². The molecule has 1 aromatic heterocycles. The van der Waals surface area contributed by atoms with Crippen LogP contribution in [-0.4, -0.2) is 68.2 Å². The van der Waals surface area contributed by atoms with E-state index in [4.69, 9.17) is 16.9 Å². The summed E-state index contributed by atoms with van der Waals surface area (Å²) < 4.78 is 0. The summed E-state index contributed by atoms with van der Waals surface area (Å²) in [5, 5.41) is 11.2. The topological polar surface area (TPSA) is 85.6 Å². The number of halogens is 1. The van der Waals surface area contributed by atoms with Gasteiger partial charge in [-0.25, -0.2) is 9.97 Å². The van der Waals surface area contributed by atoms with Gasteiger partial charge in [-0.2, -0.15) is 10.3 Å². The summed E-state index contributed by atoms with van der Waals surface area (Å²) in [5.41, 5.74) is 2.87. The molecule has 0 radical (unpaired) electrons. The highest BCUT2D eigenvalue weighted by molar-refractivity contribution is 6.32. The summed E-state index contributed by atoms with van der Waals surface area (Å²) in [4.78, 5) is 28.2. The van der Waals surface area contributed by atoms with Crippen LogP contribution in [0.15, 0.2) is 30.6 Å². The Bertz CT molecular complexity index is 984. The van der Waals surface area contributed by atoms with Gasteiger partial charge in [0.05, 0.1) is 35.8 Å². The summed E-state index contributed by atoms with van der Waals surface area (Å²) in [6.07, 6.45) is 7.49. The number of hydrogen-bond donors (Lipinski definition) is 0. The van der Waals surface area contributed by atoms with Crippen LogP contribution < -0.4 is 9.80 Å². The van der Waals surface area contributed by atoms with Crippen LogP contribution in [-0.2, 0) is 4.84 Å². The first kappa shape index (κ1) is 28.5. The molecule has 3 heterocycles. The molecule has 1 spiro atoms. The number of benzene rings is 1. The molecule has 4 rings (SSSR count). The van der Waals surface area contributed by atoms with Crippen molar-refractivity contribution >= 4 is 29.3 Å². The van der Waals surface area contributed by atoms with E-state index < -0.39 is 0 Å². The molecular formula is C26H37ClN6O2. The third kappa shape index (κ3) is 7.38. The highest BCUT2D eigenvalue weighted by atomic mass is 35.5. The summed E-state index contributed by atoms with van der Waals surface area (Å²) in [6.45, 7) is 9.18. The number of aromatic nitrogens is 2. The first-order chi connectivity index (χ1) is 16.8. The zero-order chi connectivity index (χ0) is 26.0. The molecule has 2 fully saturated rings. The van der Waals surface area contributed by atoms with Crippen molar-refractivity contribution in [1.82, 2.24) is 15.0 Å². The fraction of sp³-hybridized carbons (Fsp3) is 0.538. The van der Waals surface area contributed by atoms with Gasteiger partial charge in [-0.05, 0) is 49.8 Å². The first-order valence-corrected chi connectivity index (χ1v) is 12.4. The summed E-state index contributed by atoms with van der Waals surface area (Å²) in [5.74, 6) is 0.221. The number of carbonyl (C=O) groups excluding carboxylic acids is 1. The average Bonchev–Trinajstić information content (AvgIpc) is 3.21. The minimum Gasteiger partial charge on any atom is -0.369 e. The first-order valence-electron chi connectivity index (χ1n) is 12.0. The second kappa shape index (κ2) is 13.4. The maximum Gasteiger partial charge on any atom is 0.192 e. The fourth-order valence-electron chi connectivity index (χ4n) is 4.59. The molecule has 0 aliphatic carbocycles. The minimum atomic E-state index is 0.221. The Morgan fingerprint density at radius 1 is 1.20 bits per heavy atom. The standard InChI is InChI=1S/C21H22ClN5O.C3H9NO.C2H6/c1-15-9-21(14-27(15)17-3-2-16(10-23)19(22)8-17)4-6-26(7-5-21)18-11-24-20(13-28)25-12-18;1-4(2)5-3;1-2/h2-3,8,11-13,15H,4-7,9,14H2,1H3;1-3H3;1-2H3. The molecule has 0 bridgehead atoms. The molecule has 1 aromatic carbocycles. The van der Waals surface area contributed by atoms with Gasteiger partial charge in [-0.1, -0.05) is 25.4 Å². The molecule has 2 aliphatic heterocycles. The molecule has 2 aromatic rings. The second-order valence-corrected chi connectivity index (χ2v) is 9.26. The molecule has 2 aliphatic rings. The summed E-state index contributed by atoms with van der Waals surface area (Å²) in [7, 11) is 5.29. The molecule has 1 atom stereocenters. The van der Waals surface area contributed by atoms with Gasteiger partial charge in [-0.3, -0.25) is 4.79 Å². The van der Waals surface area contributed by atoms with Crippen LogP contribution in [0.2, 0.25) is 5.02 Å². The molecule has 0 amide bonds. The lowest BCUT2D eigenvalue weighted by molar-refractivity contribution is -0.0855. The SMILES string of the molecule is CC.CC1CC2(CCN(c3cnc(C=O)nc3)CC2)CN1c1ccc(C#N)c(Cl)c1.CON(C)C. The van der Waals surface area contributed by atoms with E-state index in [2.05, 4.69) is 37.6 Å². The number of aldehydes is 1. The Kier molecular flexibility index (Phi) is 10.9. The Balaban J connectivity index is 0.000000551. The van der Waals surface area contributed by atoms with Crippen molar-refractivity contribution in [3.05, 3.63) is 47.0 Å². The molecule has 8 nitrogen and oxygen atoms in total. The number of nitriles is 1. The number of hydrogen-bond acceptors (Lipinski definition) is 8. The van der Waals surface area contributed by atoms with Crippen LogP contribution in [0, 0.1) is 16.7 Å². The van der Waals surface area contributed by atoms with Crippen molar-refractivity contribution in [2.75, 3.05) is 50.6 Å². The van der Waals surface area contributed by atoms with E-state index in [-0.39, 0.29) is 5.82 Å². The molecule has 0 N–H and O–H groups in total. The smallest absolute Gasteiger partial charge is 0.192 e.